The zero-order valence-electron chi connectivity index (χ0n) is 14.1. The number of thioether (sulfide) groups is 1. The molecule has 26 heavy (non-hydrogen) atoms. The first-order valence-electron chi connectivity index (χ1n) is 8.09. The average Bonchev–Trinajstić information content (AvgIpc) is 2.68. The number of fused-ring (bicyclic) bond motifs is 1. The second kappa shape index (κ2) is 8.37. The molecule has 0 saturated carbocycles. The highest BCUT2D eigenvalue weighted by molar-refractivity contribution is 7.99. The lowest BCUT2D eigenvalue weighted by Crippen LogP contribution is -2.23. The predicted molar refractivity (Wildman–Crippen MR) is 104 cm³/mol. The molecule has 0 aliphatic carbocycles. The van der Waals surface area contributed by atoms with E-state index in [1.165, 1.54) is 11.8 Å². The Labute approximate surface area is 155 Å². The van der Waals surface area contributed by atoms with E-state index in [1.54, 1.807) is 41.0 Å². The Balaban J connectivity index is 1.71. The molecule has 0 amide bonds. The maximum atomic E-state index is 12.7. The highest BCUT2D eigenvalue weighted by Gasteiger charge is 2.10. The zero-order valence-corrected chi connectivity index (χ0v) is 14.9. The van der Waals surface area contributed by atoms with Gasteiger partial charge < -0.3 is 4.74 Å². The van der Waals surface area contributed by atoms with Gasteiger partial charge in [0.1, 0.15) is 5.75 Å². The molecule has 3 rings (SSSR count). The number of ether oxygens (including phenoxy) is 1. The Morgan fingerprint density at radius 2 is 2.00 bits per heavy atom. The fraction of sp³-hybridized carbons (Fsp3) is 0.150. The fourth-order valence-corrected chi connectivity index (χ4v) is 3.29. The fourth-order valence-electron chi connectivity index (χ4n) is 2.47. The van der Waals surface area contributed by atoms with E-state index in [9.17, 15) is 4.79 Å². The molecule has 2 aromatic carbocycles. The Hall–Kier alpha value is -3.04. The summed E-state index contributed by atoms with van der Waals surface area (Å²) in [5.41, 5.74) is 1.22. The summed E-state index contributed by atoms with van der Waals surface area (Å²) in [4.78, 5) is 17.3. The molecule has 5 nitrogen and oxygen atoms in total. The number of rotatable bonds is 7. The van der Waals surface area contributed by atoms with Gasteiger partial charge in [0.05, 0.1) is 29.1 Å². The van der Waals surface area contributed by atoms with Crippen molar-refractivity contribution in [3.05, 3.63) is 77.1 Å². The molecule has 0 atom stereocenters. The van der Waals surface area contributed by atoms with E-state index in [0.29, 0.717) is 46.3 Å². The maximum absolute atomic E-state index is 12.7. The van der Waals surface area contributed by atoms with E-state index in [2.05, 4.69) is 17.6 Å². The van der Waals surface area contributed by atoms with Crippen LogP contribution in [0.3, 0.4) is 0 Å². The van der Waals surface area contributed by atoms with Crippen molar-refractivity contribution in [2.24, 2.45) is 0 Å². The number of allylic oxidation sites excluding steroid dienone is 1. The number of aromatic nitrogens is 2. The summed E-state index contributed by atoms with van der Waals surface area (Å²) in [6.45, 7) is 4.60. The molecule has 1 aromatic heterocycles. The maximum Gasteiger partial charge on any atom is 0.262 e. The lowest BCUT2D eigenvalue weighted by atomic mass is 10.2. The van der Waals surface area contributed by atoms with Crippen LogP contribution in [0.25, 0.3) is 10.9 Å². The van der Waals surface area contributed by atoms with Gasteiger partial charge >= 0.3 is 0 Å². The third-order valence-electron chi connectivity index (χ3n) is 3.70. The second-order valence-electron chi connectivity index (χ2n) is 5.45. The van der Waals surface area contributed by atoms with Crippen molar-refractivity contribution in [1.29, 1.82) is 5.26 Å². The van der Waals surface area contributed by atoms with Crippen molar-refractivity contribution in [1.82, 2.24) is 9.55 Å². The third-order valence-corrected chi connectivity index (χ3v) is 4.65. The van der Waals surface area contributed by atoms with Gasteiger partial charge in [0.2, 0.25) is 0 Å². The summed E-state index contributed by atoms with van der Waals surface area (Å²) < 4.78 is 7.31. The van der Waals surface area contributed by atoms with Crippen LogP contribution in [0.5, 0.6) is 5.75 Å². The summed E-state index contributed by atoms with van der Waals surface area (Å²) in [6, 6.07) is 16.4. The quantitative estimate of drug-likeness (QED) is 0.277. The molecule has 0 fully saturated rings. The van der Waals surface area contributed by atoms with Crippen molar-refractivity contribution in [3.63, 3.8) is 0 Å². The average molecular weight is 363 g/mol. The van der Waals surface area contributed by atoms with E-state index in [0.717, 1.165) is 0 Å². The Kier molecular flexibility index (Phi) is 5.72. The van der Waals surface area contributed by atoms with E-state index < -0.39 is 0 Å². The van der Waals surface area contributed by atoms with Crippen LogP contribution in [0.1, 0.15) is 5.56 Å². The van der Waals surface area contributed by atoms with Gasteiger partial charge in [-0.2, -0.15) is 5.26 Å². The van der Waals surface area contributed by atoms with Gasteiger partial charge in [0.15, 0.2) is 5.16 Å². The van der Waals surface area contributed by atoms with Gasteiger partial charge in [-0.15, -0.1) is 6.58 Å². The van der Waals surface area contributed by atoms with Crippen LogP contribution in [-0.2, 0) is 6.54 Å². The number of hydrogen-bond acceptors (Lipinski definition) is 5. The Morgan fingerprint density at radius 3 is 2.73 bits per heavy atom. The van der Waals surface area contributed by atoms with Gasteiger partial charge in [0, 0.05) is 12.3 Å². The molecule has 0 unspecified atom stereocenters. The summed E-state index contributed by atoms with van der Waals surface area (Å²) >= 11 is 1.47. The minimum Gasteiger partial charge on any atom is -0.493 e. The van der Waals surface area contributed by atoms with Gasteiger partial charge in [0.25, 0.3) is 5.56 Å². The van der Waals surface area contributed by atoms with E-state index in [-0.39, 0.29) is 5.56 Å². The predicted octanol–water partition coefficient (Wildman–Crippen LogP) is 3.63. The van der Waals surface area contributed by atoms with Crippen molar-refractivity contribution >= 4 is 22.7 Å². The minimum atomic E-state index is -0.0639. The molecular formula is C20H17N3O2S. The number of hydrogen-bond donors (Lipinski definition) is 0. The number of para-hydroxylation sites is 1. The summed E-state index contributed by atoms with van der Waals surface area (Å²) in [7, 11) is 0. The summed E-state index contributed by atoms with van der Waals surface area (Å²) in [6.07, 6.45) is 1.69. The van der Waals surface area contributed by atoms with Crippen molar-refractivity contribution in [2.45, 2.75) is 11.7 Å². The molecule has 6 heteroatoms. The molecule has 3 aromatic rings. The standard InChI is InChI=1S/C20H17N3O2S/c1-2-11-23-19(24)17-5-3-4-6-18(17)22-20(23)26-13-12-25-16-9-7-15(14-21)8-10-16/h2-10H,1,11-13H2. The summed E-state index contributed by atoms with van der Waals surface area (Å²) in [5, 5.41) is 10.1. The summed E-state index contributed by atoms with van der Waals surface area (Å²) in [5.74, 6) is 1.35. The van der Waals surface area contributed by atoms with Gasteiger partial charge in [-0.25, -0.2) is 4.98 Å². The molecule has 0 N–H and O–H groups in total. The zero-order chi connectivity index (χ0) is 18.4. The first-order chi connectivity index (χ1) is 12.7. The monoisotopic (exact) mass is 363 g/mol. The molecule has 0 aliphatic rings. The third kappa shape index (κ3) is 3.95. The van der Waals surface area contributed by atoms with Crippen LogP contribution in [-0.4, -0.2) is 21.9 Å². The smallest absolute Gasteiger partial charge is 0.262 e. The Bertz CT molecular complexity index is 1020. The van der Waals surface area contributed by atoms with Crippen molar-refractivity contribution in [2.75, 3.05) is 12.4 Å². The van der Waals surface area contributed by atoms with Crippen LogP contribution >= 0.6 is 11.8 Å². The Morgan fingerprint density at radius 1 is 1.23 bits per heavy atom. The van der Waals surface area contributed by atoms with Gasteiger partial charge in [-0.3, -0.25) is 9.36 Å². The van der Waals surface area contributed by atoms with E-state index in [4.69, 9.17) is 10.00 Å². The number of nitrogens with zero attached hydrogens (tertiary/aromatic N) is 3. The molecular weight excluding hydrogens is 346 g/mol. The van der Waals surface area contributed by atoms with Crippen LogP contribution in [0.2, 0.25) is 0 Å². The van der Waals surface area contributed by atoms with Crippen molar-refractivity contribution in [3.8, 4) is 11.8 Å². The minimum absolute atomic E-state index is 0.0639. The highest BCUT2D eigenvalue weighted by Crippen LogP contribution is 2.18. The molecule has 0 bridgehead atoms. The molecule has 0 saturated heterocycles. The number of benzene rings is 2. The van der Waals surface area contributed by atoms with Crippen LogP contribution in [0, 0.1) is 11.3 Å². The lowest BCUT2D eigenvalue weighted by molar-refractivity contribution is 0.344. The molecule has 0 radical (unpaired) electrons. The van der Waals surface area contributed by atoms with Crippen LogP contribution < -0.4 is 10.3 Å². The first kappa shape index (κ1) is 17.8. The van der Waals surface area contributed by atoms with Gasteiger partial charge in [-0.1, -0.05) is 30.0 Å². The van der Waals surface area contributed by atoms with Gasteiger partial charge in [-0.05, 0) is 36.4 Å². The lowest BCUT2D eigenvalue weighted by Gasteiger charge is -2.11. The topological polar surface area (TPSA) is 67.9 Å². The largest absolute Gasteiger partial charge is 0.493 e. The molecule has 0 spiro atoms. The highest BCUT2D eigenvalue weighted by atomic mass is 32.2. The molecule has 1 heterocycles. The van der Waals surface area contributed by atoms with Crippen molar-refractivity contribution < 1.29 is 4.74 Å². The SMILES string of the molecule is C=CCn1c(SCCOc2ccc(C#N)cc2)nc2ccccc2c1=O. The van der Waals surface area contributed by atoms with Crippen LogP contribution in [0.4, 0.5) is 0 Å². The van der Waals surface area contributed by atoms with E-state index >= 15 is 0 Å². The molecule has 0 aliphatic heterocycles. The normalized spacial score (nSPS) is 10.4. The second-order valence-corrected chi connectivity index (χ2v) is 6.51. The van der Waals surface area contributed by atoms with Crippen LogP contribution in [0.15, 0.2) is 71.1 Å². The van der Waals surface area contributed by atoms with E-state index in [1.807, 2.05) is 18.2 Å². The first-order valence-corrected chi connectivity index (χ1v) is 9.07. The molecule has 130 valence electrons. The number of nitriles is 1.